The first-order valence-electron chi connectivity index (χ1n) is 3.23. The van der Waals surface area contributed by atoms with Gasteiger partial charge in [-0.1, -0.05) is 11.8 Å². The van der Waals surface area contributed by atoms with E-state index in [0.29, 0.717) is 5.56 Å². The Labute approximate surface area is 68.9 Å². The van der Waals surface area contributed by atoms with Crippen molar-refractivity contribution in [3.05, 3.63) is 28.4 Å². The van der Waals surface area contributed by atoms with Crippen molar-refractivity contribution in [1.82, 2.24) is 9.97 Å². The maximum atomic E-state index is 10.5. The van der Waals surface area contributed by atoms with Gasteiger partial charge in [0.05, 0.1) is 18.1 Å². The summed E-state index contributed by atoms with van der Waals surface area (Å²) in [5.74, 6) is 5.27. The third-order valence-electron chi connectivity index (χ3n) is 1.07. The maximum absolute atomic E-state index is 10.5. The molecule has 1 heterocycles. The van der Waals surface area contributed by atoms with Crippen molar-refractivity contribution in [3.63, 3.8) is 0 Å². The Hall–Kier alpha value is -2.07. The molecule has 0 unspecified atom stereocenters. The molecule has 0 radical (unpaired) electrons. The molecular formula is C8H5N3O. The fourth-order valence-corrected chi connectivity index (χ4v) is 0.596. The van der Waals surface area contributed by atoms with E-state index in [2.05, 4.69) is 21.8 Å². The minimum absolute atomic E-state index is 0.180. The summed E-state index contributed by atoms with van der Waals surface area (Å²) in [7, 11) is 0. The lowest BCUT2D eigenvalue weighted by atomic mass is 10.3. The molecule has 1 aromatic heterocycles. The van der Waals surface area contributed by atoms with E-state index < -0.39 is 5.69 Å². The first-order chi connectivity index (χ1) is 5.83. The van der Waals surface area contributed by atoms with Crippen LogP contribution in [-0.4, -0.2) is 9.97 Å². The van der Waals surface area contributed by atoms with E-state index in [4.69, 9.17) is 5.26 Å². The van der Waals surface area contributed by atoms with Gasteiger partial charge in [0.25, 0.3) is 0 Å². The Balaban J connectivity index is 2.81. The molecule has 0 saturated heterocycles. The highest BCUT2D eigenvalue weighted by atomic mass is 16.1. The van der Waals surface area contributed by atoms with Gasteiger partial charge in [-0.25, -0.2) is 9.78 Å². The molecular weight excluding hydrogens is 154 g/mol. The second-order valence-corrected chi connectivity index (χ2v) is 1.94. The summed E-state index contributed by atoms with van der Waals surface area (Å²) >= 11 is 0. The summed E-state index contributed by atoms with van der Waals surface area (Å²) in [4.78, 5) is 16.3. The third-order valence-corrected chi connectivity index (χ3v) is 1.07. The van der Waals surface area contributed by atoms with Crippen LogP contribution in [0.1, 0.15) is 12.0 Å². The molecule has 1 N–H and O–H groups in total. The smallest absolute Gasteiger partial charge is 0.311 e. The van der Waals surface area contributed by atoms with Gasteiger partial charge in [0.2, 0.25) is 0 Å². The van der Waals surface area contributed by atoms with Gasteiger partial charge in [-0.3, -0.25) is 0 Å². The van der Waals surface area contributed by atoms with E-state index in [1.54, 1.807) is 0 Å². The van der Waals surface area contributed by atoms with E-state index in [-0.39, 0.29) is 6.42 Å². The Morgan fingerprint density at radius 1 is 1.67 bits per heavy atom. The Morgan fingerprint density at radius 3 is 3.08 bits per heavy atom. The number of aromatic amines is 1. The zero-order valence-electron chi connectivity index (χ0n) is 6.16. The van der Waals surface area contributed by atoms with Crippen molar-refractivity contribution in [2.24, 2.45) is 0 Å². The molecule has 0 aliphatic rings. The van der Waals surface area contributed by atoms with Crippen molar-refractivity contribution < 1.29 is 0 Å². The van der Waals surface area contributed by atoms with Crippen molar-refractivity contribution in [2.45, 2.75) is 6.42 Å². The van der Waals surface area contributed by atoms with Gasteiger partial charge in [-0.2, -0.15) is 5.26 Å². The van der Waals surface area contributed by atoms with Crippen molar-refractivity contribution in [3.8, 4) is 17.9 Å². The monoisotopic (exact) mass is 159 g/mol. The lowest BCUT2D eigenvalue weighted by Gasteiger charge is -1.84. The first-order valence-corrected chi connectivity index (χ1v) is 3.23. The predicted molar refractivity (Wildman–Crippen MR) is 42.0 cm³/mol. The summed E-state index contributed by atoms with van der Waals surface area (Å²) in [5.41, 5.74) is 0.200. The molecule has 4 heteroatoms. The average molecular weight is 159 g/mol. The first kappa shape index (κ1) is 8.03. The Morgan fingerprint density at radius 2 is 2.50 bits per heavy atom. The van der Waals surface area contributed by atoms with Crippen LogP contribution in [0.25, 0.3) is 0 Å². The Kier molecular flexibility index (Phi) is 2.64. The highest BCUT2D eigenvalue weighted by Crippen LogP contribution is 1.85. The van der Waals surface area contributed by atoms with E-state index in [9.17, 15) is 4.79 Å². The van der Waals surface area contributed by atoms with Crippen LogP contribution in [0.4, 0.5) is 0 Å². The maximum Gasteiger partial charge on any atom is 0.344 e. The van der Waals surface area contributed by atoms with Gasteiger partial charge in [0.1, 0.15) is 0 Å². The molecule has 0 saturated carbocycles. The SMILES string of the molecule is N#CCC#Cc1cnc(=O)[nH]c1. The molecule has 0 aliphatic heterocycles. The van der Waals surface area contributed by atoms with Gasteiger partial charge in [-0.15, -0.1) is 0 Å². The minimum atomic E-state index is -0.402. The van der Waals surface area contributed by atoms with Crippen LogP contribution in [0, 0.1) is 23.2 Å². The molecule has 0 amide bonds. The lowest BCUT2D eigenvalue weighted by molar-refractivity contribution is 1.07. The third kappa shape index (κ3) is 2.28. The lowest BCUT2D eigenvalue weighted by Crippen LogP contribution is -2.07. The largest absolute Gasteiger partial charge is 0.344 e. The van der Waals surface area contributed by atoms with Gasteiger partial charge in [0, 0.05) is 12.4 Å². The molecule has 0 fully saturated rings. The zero-order valence-corrected chi connectivity index (χ0v) is 6.16. The summed E-state index contributed by atoms with van der Waals surface area (Å²) in [6.07, 6.45) is 3.00. The summed E-state index contributed by atoms with van der Waals surface area (Å²) < 4.78 is 0. The highest BCUT2D eigenvalue weighted by Gasteiger charge is 1.85. The van der Waals surface area contributed by atoms with E-state index in [0.717, 1.165) is 0 Å². The number of aromatic nitrogens is 2. The van der Waals surface area contributed by atoms with Crippen LogP contribution in [0.15, 0.2) is 17.2 Å². The van der Waals surface area contributed by atoms with E-state index >= 15 is 0 Å². The summed E-state index contributed by atoms with van der Waals surface area (Å²) in [6, 6.07) is 1.88. The fourth-order valence-electron chi connectivity index (χ4n) is 0.596. The van der Waals surface area contributed by atoms with E-state index in [1.165, 1.54) is 12.4 Å². The highest BCUT2D eigenvalue weighted by molar-refractivity contribution is 5.29. The molecule has 0 bridgehead atoms. The topological polar surface area (TPSA) is 69.5 Å². The zero-order chi connectivity index (χ0) is 8.81. The Bertz CT molecular complexity index is 396. The van der Waals surface area contributed by atoms with Crippen LogP contribution in [0.2, 0.25) is 0 Å². The van der Waals surface area contributed by atoms with Crippen LogP contribution >= 0.6 is 0 Å². The molecule has 0 atom stereocenters. The molecule has 0 aliphatic carbocycles. The van der Waals surface area contributed by atoms with Crippen LogP contribution in [0.5, 0.6) is 0 Å². The second-order valence-electron chi connectivity index (χ2n) is 1.94. The number of H-pyrrole nitrogens is 1. The standard InChI is InChI=1S/C8H5N3O/c9-4-2-1-3-7-5-10-8(12)11-6-7/h5-6H,2H2,(H,10,11,12). The van der Waals surface area contributed by atoms with Crippen molar-refractivity contribution in [1.29, 1.82) is 5.26 Å². The van der Waals surface area contributed by atoms with Crippen LogP contribution < -0.4 is 5.69 Å². The number of nitrogens with one attached hydrogen (secondary N) is 1. The van der Waals surface area contributed by atoms with Gasteiger partial charge in [0.15, 0.2) is 0 Å². The number of nitrogens with zero attached hydrogens (tertiary/aromatic N) is 2. The fraction of sp³-hybridized carbons (Fsp3) is 0.125. The van der Waals surface area contributed by atoms with Crippen LogP contribution in [-0.2, 0) is 0 Å². The summed E-state index contributed by atoms with van der Waals surface area (Å²) in [5, 5.41) is 8.16. The number of nitriles is 1. The molecule has 12 heavy (non-hydrogen) atoms. The van der Waals surface area contributed by atoms with Crippen molar-refractivity contribution >= 4 is 0 Å². The molecule has 58 valence electrons. The quantitative estimate of drug-likeness (QED) is 0.543. The predicted octanol–water partition coefficient (Wildman–Crippen LogP) is 0.0351. The van der Waals surface area contributed by atoms with Crippen molar-refractivity contribution in [2.75, 3.05) is 0 Å². The molecule has 0 spiro atoms. The normalized spacial score (nSPS) is 7.92. The number of rotatable bonds is 0. The molecule has 4 nitrogen and oxygen atoms in total. The second kappa shape index (κ2) is 3.95. The molecule has 1 rings (SSSR count). The summed E-state index contributed by atoms with van der Waals surface area (Å²) in [6.45, 7) is 0. The molecule has 1 aromatic rings. The van der Waals surface area contributed by atoms with Crippen LogP contribution in [0.3, 0.4) is 0 Å². The van der Waals surface area contributed by atoms with Gasteiger partial charge < -0.3 is 4.98 Å². The minimum Gasteiger partial charge on any atom is -0.311 e. The average Bonchev–Trinajstić information content (AvgIpc) is 2.09. The van der Waals surface area contributed by atoms with Gasteiger partial charge in [-0.05, 0) is 0 Å². The van der Waals surface area contributed by atoms with Gasteiger partial charge >= 0.3 is 5.69 Å². The van der Waals surface area contributed by atoms with E-state index in [1.807, 2.05) is 6.07 Å². The number of hydrogen-bond donors (Lipinski definition) is 1. The number of hydrogen-bond acceptors (Lipinski definition) is 3. The molecule has 0 aromatic carbocycles.